The molecule has 1 heterocycles. The maximum Gasteiger partial charge on any atom is 0.0991 e. The Morgan fingerprint density at radius 3 is 2.56 bits per heavy atom. The molecular weight excluding hydrogens is 222 g/mol. The van der Waals surface area contributed by atoms with Crippen molar-refractivity contribution in [3.05, 3.63) is 29.8 Å². The number of rotatable bonds is 2. The summed E-state index contributed by atoms with van der Waals surface area (Å²) in [5, 5.41) is 12.2. The summed E-state index contributed by atoms with van der Waals surface area (Å²) >= 11 is 0. The second-order valence-corrected chi connectivity index (χ2v) is 5.61. The number of benzene rings is 1. The van der Waals surface area contributed by atoms with Gasteiger partial charge in [-0.1, -0.05) is 0 Å². The van der Waals surface area contributed by atoms with Crippen LogP contribution in [-0.2, 0) is 0 Å². The van der Waals surface area contributed by atoms with Crippen LogP contribution in [-0.4, -0.2) is 25.2 Å². The van der Waals surface area contributed by atoms with Crippen LogP contribution in [0.25, 0.3) is 0 Å². The third-order valence-electron chi connectivity index (χ3n) is 3.95. The van der Waals surface area contributed by atoms with Gasteiger partial charge in [-0.15, -0.1) is 0 Å². The van der Waals surface area contributed by atoms with E-state index in [0.29, 0.717) is 6.04 Å². The molecule has 0 amide bonds. The SMILES string of the molecule is CNC1CCC(C)(C)N(c2ccc(C#N)cc2)C1. The molecule has 1 unspecified atom stereocenters. The van der Waals surface area contributed by atoms with E-state index in [9.17, 15) is 0 Å². The Morgan fingerprint density at radius 1 is 1.33 bits per heavy atom. The molecule has 0 aliphatic carbocycles. The van der Waals surface area contributed by atoms with Gasteiger partial charge in [0.1, 0.15) is 0 Å². The lowest BCUT2D eigenvalue weighted by atomic mass is 9.87. The number of anilines is 1. The summed E-state index contributed by atoms with van der Waals surface area (Å²) < 4.78 is 0. The first-order chi connectivity index (χ1) is 8.56. The summed E-state index contributed by atoms with van der Waals surface area (Å²) in [5.74, 6) is 0. The van der Waals surface area contributed by atoms with Crippen LogP contribution in [0.3, 0.4) is 0 Å². The monoisotopic (exact) mass is 243 g/mol. The molecule has 1 fully saturated rings. The Balaban J connectivity index is 2.25. The Hall–Kier alpha value is -1.53. The van der Waals surface area contributed by atoms with Crippen molar-refractivity contribution >= 4 is 5.69 Å². The van der Waals surface area contributed by atoms with Crippen molar-refractivity contribution in [1.82, 2.24) is 5.32 Å². The standard InChI is InChI=1S/C15H21N3/c1-15(2)9-8-13(17-3)11-18(15)14-6-4-12(10-16)5-7-14/h4-7,13,17H,8-9,11H2,1-3H3. The fourth-order valence-electron chi connectivity index (χ4n) is 2.63. The predicted octanol–water partition coefficient (Wildman–Crippen LogP) is 2.53. The molecule has 2 rings (SSSR count). The maximum atomic E-state index is 8.85. The minimum atomic E-state index is 0.182. The lowest BCUT2D eigenvalue weighted by Crippen LogP contribution is -2.55. The van der Waals surface area contributed by atoms with Crippen molar-refractivity contribution < 1.29 is 0 Å². The number of nitriles is 1. The molecule has 1 atom stereocenters. The topological polar surface area (TPSA) is 39.1 Å². The van der Waals surface area contributed by atoms with E-state index < -0.39 is 0 Å². The molecule has 3 heteroatoms. The number of hydrogen-bond donors (Lipinski definition) is 1. The molecule has 1 N–H and O–H groups in total. The molecule has 1 aliphatic heterocycles. The summed E-state index contributed by atoms with van der Waals surface area (Å²) in [4.78, 5) is 2.44. The maximum absolute atomic E-state index is 8.85. The van der Waals surface area contributed by atoms with Crippen LogP contribution in [0.5, 0.6) is 0 Å². The van der Waals surface area contributed by atoms with Gasteiger partial charge in [0.25, 0.3) is 0 Å². The van der Waals surface area contributed by atoms with Crippen molar-refractivity contribution in [2.75, 3.05) is 18.5 Å². The third kappa shape index (κ3) is 2.49. The van der Waals surface area contributed by atoms with Crippen LogP contribution in [0.15, 0.2) is 24.3 Å². The zero-order valence-electron chi connectivity index (χ0n) is 11.4. The third-order valence-corrected chi connectivity index (χ3v) is 3.95. The molecule has 0 radical (unpaired) electrons. The Bertz CT molecular complexity index is 442. The number of piperidine rings is 1. The van der Waals surface area contributed by atoms with Gasteiger partial charge >= 0.3 is 0 Å². The van der Waals surface area contributed by atoms with Gasteiger partial charge in [-0.25, -0.2) is 0 Å². The number of likely N-dealkylation sites (N-methyl/N-ethyl adjacent to an activating group) is 1. The first kappa shape index (κ1) is 12.9. The molecule has 0 aromatic heterocycles. The quantitative estimate of drug-likeness (QED) is 0.867. The van der Waals surface area contributed by atoms with Crippen LogP contribution in [0.1, 0.15) is 32.3 Å². The largest absolute Gasteiger partial charge is 0.365 e. The summed E-state index contributed by atoms with van der Waals surface area (Å²) in [6.45, 7) is 5.60. The number of nitrogens with one attached hydrogen (secondary N) is 1. The van der Waals surface area contributed by atoms with Crippen LogP contribution >= 0.6 is 0 Å². The second kappa shape index (κ2) is 4.99. The van der Waals surface area contributed by atoms with E-state index in [2.05, 4.69) is 42.3 Å². The molecular formula is C15H21N3. The molecule has 0 bridgehead atoms. The smallest absolute Gasteiger partial charge is 0.0991 e. The normalized spacial score (nSPS) is 22.6. The van der Waals surface area contributed by atoms with E-state index >= 15 is 0 Å². The molecule has 18 heavy (non-hydrogen) atoms. The van der Waals surface area contributed by atoms with E-state index in [-0.39, 0.29) is 5.54 Å². The lowest BCUT2D eigenvalue weighted by molar-refractivity contribution is 0.313. The van der Waals surface area contributed by atoms with Crippen molar-refractivity contribution in [2.45, 2.75) is 38.3 Å². The van der Waals surface area contributed by atoms with Gasteiger partial charge < -0.3 is 10.2 Å². The van der Waals surface area contributed by atoms with Gasteiger partial charge in [-0.05, 0) is 58.0 Å². The van der Waals surface area contributed by atoms with E-state index in [0.717, 1.165) is 12.1 Å². The van der Waals surface area contributed by atoms with Crippen LogP contribution < -0.4 is 10.2 Å². The number of nitrogens with zero attached hydrogens (tertiary/aromatic N) is 2. The molecule has 0 saturated carbocycles. The highest BCUT2D eigenvalue weighted by molar-refractivity contribution is 5.52. The first-order valence-corrected chi connectivity index (χ1v) is 6.52. The summed E-state index contributed by atoms with van der Waals surface area (Å²) in [7, 11) is 2.03. The molecule has 3 nitrogen and oxygen atoms in total. The number of hydrogen-bond acceptors (Lipinski definition) is 3. The van der Waals surface area contributed by atoms with E-state index in [1.807, 2.05) is 19.2 Å². The summed E-state index contributed by atoms with van der Waals surface area (Å²) in [6, 6.07) is 10.6. The second-order valence-electron chi connectivity index (χ2n) is 5.61. The van der Waals surface area contributed by atoms with Gasteiger partial charge in [0.05, 0.1) is 11.6 Å². The zero-order valence-corrected chi connectivity index (χ0v) is 11.4. The summed E-state index contributed by atoms with van der Waals surface area (Å²) in [6.07, 6.45) is 2.40. The molecule has 1 aliphatic rings. The predicted molar refractivity (Wildman–Crippen MR) is 74.7 cm³/mol. The van der Waals surface area contributed by atoms with Crippen molar-refractivity contribution in [3.8, 4) is 6.07 Å². The Morgan fingerprint density at radius 2 is 2.00 bits per heavy atom. The first-order valence-electron chi connectivity index (χ1n) is 6.52. The Kier molecular flexibility index (Phi) is 3.58. The highest BCUT2D eigenvalue weighted by Gasteiger charge is 2.33. The van der Waals surface area contributed by atoms with Crippen molar-refractivity contribution in [1.29, 1.82) is 5.26 Å². The average molecular weight is 243 g/mol. The van der Waals surface area contributed by atoms with Gasteiger partial charge in [-0.2, -0.15) is 5.26 Å². The van der Waals surface area contributed by atoms with Gasteiger partial charge in [0, 0.05) is 23.8 Å². The minimum Gasteiger partial charge on any atom is -0.365 e. The minimum absolute atomic E-state index is 0.182. The van der Waals surface area contributed by atoms with Gasteiger partial charge in [0.2, 0.25) is 0 Å². The molecule has 0 spiro atoms. The van der Waals surface area contributed by atoms with Gasteiger partial charge in [-0.3, -0.25) is 0 Å². The zero-order chi connectivity index (χ0) is 13.2. The van der Waals surface area contributed by atoms with Crippen molar-refractivity contribution in [3.63, 3.8) is 0 Å². The van der Waals surface area contributed by atoms with E-state index in [4.69, 9.17) is 5.26 Å². The summed E-state index contributed by atoms with van der Waals surface area (Å²) in [5.41, 5.74) is 2.11. The van der Waals surface area contributed by atoms with Crippen molar-refractivity contribution in [2.24, 2.45) is 0 Å². The molecule has 96 valence electrons. The average Bonchev–Trinajstić information content (AvgIpc) is 2.39. The van der Waals surface area contributed by atoms with Gasteiger partial charge in [0.15, 0.2) is 0 Å². The van der Waals surface area contributed by atoms with Crippen LogP contribution in [0.4, 0.5) is 5.69 Å². The molecule has 1 saturated heterocycles. The van der Waals surface area contributed by atoms with Crippen LogP contribution in [0.2, 0.25) is 0 Å². The highest BCUT2D eigenvalue weighted by atomic mass is 15.2. The lowest BCUT2D eigenvalue weighted by Gasteiger charge is -2.47. The molecule has 1 aromatic rings. The van der Waals surface area contributed by atoms with E-state index in [1.54, 1.807) is 0 Å². The van der Waals surface area contributed by atoms with Crippen LogP contribution in [0, 0.1) is 11.3 Å². The molecule has 1 aromatic carbocycles. The Labute approximate surface area is 109 Å². The van der Waals surface area contributed by atoms with E-state index in [1.165, 1.54) is 18.5 Å². The fraction of sp³-hybridized carbons (Fsp3) is 0.533. The fourth-order valence-corrected chi connectivity index (χ4v) is 2.63. The highest BCUT2D eigenvalue weighted by Crippen LogP contribution is 2.32.